The number of amidine groups is 1. The highest BCUT2D eigenvalue weighted by atomic mass is 32.2. The van der Waals surface area contributed by atoms with Crippen molar-refractivity contribution in [3.05, 3.63) is 40.8 Å². The third-order valence-electron chi connectivity index (χ3n) is 2.92. The van der Waals surface area contributed by atoms with Gasteiger partial charge >= 0.3 is 5.97 Å². The number of likely N-dealkylation sites (N-methyl/N-ethyl adjacent to an activating group) is 1. The summed E-state index contributed by atoms with van der Waals surface area (Å²) in [6.07, 6.45) is 2.70. The van der Waals surface area contributed by atoms with E-state index in [0.29, 0.717) is 5.17 Å². The summed E-state index contributed by atoms with van der Waals surface area (Å²) >= 11 is 1.06. The largest absolute Gasteiger partial charge is 0.497 e. The minimum atomic E-state index is -0.586. The number of thioether (sulfide) groups is 1. The van der Waals surface area contributed by atoms with Crippen molar-refractivity contribution in [3.8, 4) is 5.75 Å². The zero-order valence-corrected chi connectivity index (χ0v) is 13.7. The number of ether oxygens (including phenoxy) is 2. The van der Waals surface area contributed by atoms with Gasteiger partial charge in [-0.2, -0.15) is 5.10 Å². The van der Waals surface area contributed by atoms with Gasteiger partial charge in [0, 0.05) is 13.1 Å². The van der Waals surface area contributed by atoms with Crippen LogP contribution in [0.2, 0.25) is 0 Å². The summed E-state index contributed by atoms with van der Waals surface area (Å²) in [5.41, 5.74) is 0.845. The van der Waals surface area contributed by atoms with Crippen LogP contribution in [0.15, 0.2) is 45.4 Å². The fourth-order valence-corrected chi connectivity index (χ4v) is 2.53. The molecule has 1 heterocycles. The van der Waals surface area contributed by atoms with E-state index in [9.17, 15) is 9.59 Å². The van der Waals surface area contributed by atoms with Crippen LogP contribution in [0.4, 0.5) is 0 Å². The van der Waals surface area contributed by atoms with E-state index >= 15 is 0 Å². The van der Waals surface area contributed by atoms with Crippen molar-refractivity contribution in [1.29, 1.82) is 0 Å². The first-order valence-electron chi connectivity index (χ1n) is 6.55. The second-order valence-corrected chi connectivity index (χ2v) is 5.41. The van der Waals surface area contributed by atoms with Crippen LogP contribution in [-0.4, -0.2) is 49.4 Å². The van der Waals surface area contributed by atoms with Gasteiger partial charge < -0.3 is 9.47 Å². The summed E-state index contributed by atoms with van der Waals surface area (Å²) in [5.74, 6) is -0.154. The van der Waals surface area contributed by atoms with E-state index in [1.54, 1.807) is 20.4 Å². The van der Waals surface area contributed by atoms with Crippen LogP contribution in [0.5, 0.6) is 5.75 Å². The van der Waals surface area contributed by atoms with E-state index in [0.717, 1.165) is 29.2 Å². The number of hydrogen-bond acceptors (Lipinski definition) is 7. The van der Waals surface area contributed by atoms with Crippen molar-refractivity contribution in [2.24, 2.45) is 10.2 Å². The molecule has 1 amide bonds. The smallest absolute Gasteiger partial charge is 0.331 e. The number of carbonyl (C=O) groups is 2. The molecule has 0 atom stereocenters. The molecule has 0 bridgehead atoms. The second-order valence-electron chi connectivity index (χ2n) is 4.40. The van der Waals surface area contributed by atoms with Gasteiger partial charge in [-0.1, -0.05) is 0 Å². The molecule has 0 radical (unpaired) electrons. The summed E-state index contributed by atoms with van der Waals surface area (Å²) in [6.45, 7) is 0. The molecule has 0 spiro atoms. The Morgan fingerprint density at radius 3 is 2.57 bits per heavy atom. The fraction of sp³-hybridized carbons (Fsp3) is 0.200. The van der Waals surface area contributed by atoms with E-state index in [1.165, 1.54) is 12.0 Å². The number of amides is 1. The van der Waals surface area contributed by atoms with Gasteiger partial charge in [-0.05, 0) is 41.6 Å². The summed E-state index contributed by atoms with van der Waals surface area (Å²) in [5, 5.41) is 8.35. The van der Waals surface area contributed by atoms with Crippen molar-refractivity contribution in [2.75, 3.05) is 21.3 Å². The number of esters is 1. The first kappa shape index (κ1) is 16.8. The van der Waals surface area contributed by atoms with Crippen molar-refractivity contribution >= 4 is 35.0 Å². The SMILES string of the molecule is COC(=O)/C=C1\S/C(=N\N=C/c2ccc(OC)cc2)N(C)C1=O. The van der Waals surface area contributed by atoms with Crippen LogP contribution in [-0.2, 0) is 14.3 Å². The molecule has 0 aliphatic carbocycles. The van der Waals surface area contributed by atoms with E-state index in [-0.39, 0.29) is 10.8 Å². The first-order chi connectivity index (χ1) is 11.0. The normalized spacial score (nSPS) is 18.2. The van der Waals surface area contributed by atoms with Crippen LogP contribution in [0, 0.1) is 0 Å². The summed E-state index contributed by atoms with van der Waals surface area (Å²) in [4.78, 5) is 24.7. The van der Waals surface area contributed by atoms with Crippen LogP contribution < -0.4 is 4.74 Å². The lowest BCUT2D eigenvalue weighted by molar-refractivity contribution is -0.135. The molecule has 1 aromatic rings. The molecule has 0 aromatic heterocycles. The van der Waals surface area contributed by atoms with Gasteiger partial charge in [-0.25, -0.2) is 4.79 Å². The van der Waals surface area contributed by atoms with Gasteiger partial charge in [-0.3, -0.25) is 9.69 Å². The molecule has 1 aromatic carbocycles. The lowest BCUT2D eigenvalue weighted by atomic mass is 10.2. The van der Waals surface area contributed by atoms with E-state index in [4.69, 9.17) is 4.74 Å². The van der Waals surface area contributed by atoms with Crippen molar-refractivity contribution < 1.29 is 19.1 Å². The number of methoxy groups -OCH3 is 2. The quantitative estimate of drug-likeness (QED) is 0.362. The van der Waals surface area contributed by atoms with Gasteiger partial charge in [0.15, 0.2) is 5.17 Å². The fourth-order valence-electron chi connectivity index (χ4n) is 1.64. The highest BCUT2D eigenvalue weighted by molar-refractivity contribution is 8.18. The van der Waals surface area contributed by atoms with E-state index in [2.05, 4.69) is 14.9 Å². The Bertz CT molecular complexity index is 695. The number of hydrogen-bond donors (Lipinski definition) is 0. The Kier molecular flexibility index (Phi) is 5.53. The Morgan fingerprint density at radius 2 is 1.96 bits per heavy atom. The van der Waals surface area contributed by atoms with Gasteiger partial charge in [-0.15, -0.1) is 5.10 Å². The second kappa shape index (κ2) is 7.59. The highest BCUT2D eigenvalue weighted by Gasteiger charge is 2.31. The minimum absolute atomic E-state index is 0.248. The maximum absolute atomic E-state index is 12.0. The number of rotatable bonds is 4. The van der Waals surface area contributed by atoms with Crippen molar-refractivity contribution in [3.63, 3.8) is 0 Å². The molecular formula is C15H15N3O4S. The Morgan fingerprint density at radius 1 is 1.26 bits per heavy atom. The van der Waals surface area contributed by atoms with Crippen LogP contribution in [0.3, 0.4) is 0 Å². The molecule has 0 N–H and O–H groups in total. The average Bonchev–Trinajstić information content (AvgIpc) is 2.83. The third kappa shape index (κ3) is 4.19. The Labute approximate surface area is 137 Å². The van der Waals surface area contributed by atoms with E-state index in [1.807, 2.05) is 24.3 Å². The van der Waals surface area contributed by atoms with E-state index < -0.39 is 5.97 Å². The topological polar surface area (TPSA) is 80.6 Å². The van der Waals surface area contributed by atoms with Gasteiger partial charge in [0.2, 0.25) is 0 Å². The highest BCUT2D eigenvalue weighted by Crippen LogP contribution is 2.29. The molecule has 120 valence electrons. The third-order valence-corrected chi connectivity index (χ3v) is 3.97. The molecule has 1 aliphatic rings. The minimum Gasteiger partial charge on any atom is -0.497 e. The Balaban J connectivity index is 2.10. The van der Waals surface area contributed by atoms with Gasteiger partial charge in [0.05, 0.1) is 25.3 Å². The summed E-state index contributed by atoms with van der Waals surface area (Å²) in [7, 11) is 4.41. The molecule has 8 heteroatoms. The molecule has 2 rings (SSSR count). The molecule has 7 nitrogen and oxygen atoms in total. The zero-order valence-electron chi connectivity index (χ0n) is 12.8. The number of nitrogens with zero attached hydrogens (tertiary/aromatic N) is 3. The monoisotopic (exact) mass is 333 g/mol. The number of benzene rings is 1. The first-order valence-corrected chi connectivity index (χ1v) is 7.37. The van der Waals surface area contributed by atoms with Crippen LogP contribution in [0.1, 0.15) is 5.56 Å². The predicted octanol–water partition coefficient (Wildman–Crippen LogP) is 1.65. The van der Waals surface area contributed by atoms with Crippen LogP contribution in [0.25, 0.3) is 0 Å². The standard InChI is InChI=1S/C15H15N3O4S/c1-18-14(20)12(8-13(19)22-3)23-15(18)17-16-9-10-4-6-11(21-2)7-5-10/h4-9H,1-3H3/b12-8-,16-9-,17-15-. The van der Waals surface area contributed by atoms with Gasteiger partial charge in [0.25, 0.3) is 5.91 Å². The van der Waals surface area contributed by atoms with Gasteiger partial charge in [0.1, 0.15) is 5.75 Å². The Hall–Kier alpha value is -2.61. The molecule has 23 heavy (non-hydrogen) atoms. The molecular weight excluding hydrogens is 318 g/mol. The number of carbonyl (C=O) groups excluding carboxylic acids is 2. The summed E-state index contributed by atoms with van der Waals surface area (Å²) < 4.78 is 9.58. The predicted molar refractivity (Wildman–Crippen MR) is 88.5 cm³/mol. The molecule has 1 aliphatic heterocycles. The maximum Gasteiger partial charge on any atom is 0.331 e. The lowest BCUT2D eigenvalue weighted by Crippen LogP contribution is -2.23. The molecule has 0 unspecified atom stereocenters. The molecule has 0 saturated carbocycles. The molecule has 1 saturated heterocycles. The van der Waals surface area contributed by atoms with Crippen molar-refractivity contribution in [1.82, 2.24) is 4.90 Å². The average molecular weight is 333 g/mol. The zero-order chi connectivity index (χ0) is 16.8. The summed E-state index contributed by atoms with van der Waals surface area (Å²) in [6, 6.07) is 7.29. The van der Waals surface area contributed by atoms with Crippen LogP contribution >= 0.6 is 11.8 Å². The van der Waals surface area contributed by atoms with Crippen molar-refractivity contribution in [2.45, 2.75) is 0 Å². The molecule has 1 fully saturated rings. The maximum atomic E-state index is 12.0. The lowest BCUT2D eigenvalue weighted by Gasteiger charge is -2.04.